The van der Waals surface area contributed by atoms with E-state index in [1.54, 1.807) is 16.3 Å². The molecule has 2 amide bonds. The van der Waals surface area contributed by atoms with Crippen LogP contribution in [0.2, 0.25) is 0 Å². The van der Waals surface area contributed by atoms with Gasteiger partial charge in [-0.2, -0.15) is 0 Å². The minimum atomic E-state index is -1.07. The van der Waals surface area contributed by atoms with Gasteiger partial charge in [-0.1, -0.05) is 49.7 Å². The zero-order chi connectivity index (χ0) is 25.5. The van der Waals surface area contributed by atoms with Gasteiger partial charge in [0.2, 0.25) is 0 Å². The third kappa shape index (κ3) is 6.29. The molecule has 1 atom stereocenters. The molecule has 1 aliphatic rings. The largest absolute Gasteiger partial charge is 0.449 e. The predicted octanol–water partition coefficient (Wildman–Crippen LogP) is 7.21. The molecule has 0 bridgehead atoms. The zero-order valence-electron chi connectivity index (χ0n) is 20.7. The number of halogens is 1. The van der Waals surface area contributed by atoms with Crippen LogP contribution in [0.5, 0.6) is 0 Å². The molecule has 0 spiro atoms. The van der Waals surface area contributed by atoms with Crippen molar-refractivity contribution in [2.24, 2.45) is 0 Å². The Kier molecular flexibility index (Phi) is 8.70. The number of thiazole rings is 1. The molecule has 190 valence electrons. The van der Waals surface area contributed by atoms with Gasteiger partial charge in [-0.3, -0.25) is 4.79 Å². The van der Waals surface area contributed by atoms with Crippen molar-refractivity contribution in [2.45, 2.75) is 51.6 Å². The molecule has 1 unspecified atom stereocenters. The van der Waals surface area contributed by atoms with Crippen LogP contribution in [0.3, 0.4) is 0 Å². The molecule has 6 nitrogen and oxygen atoms in total. The molecule has 1 fully saturated rings. The second-order valence-corrected chi connectivity index (χ2v) is 9.93. The van der Waals surface area contributed by atoms with Gasteiger partial charge in [0.25, 0.3) is 5.91 Å². The van der Waals surface area contributed by atoms with Crippen LogP contribution in [0.25, 0.3) is 11.1 Å². The topological polar surface area (TPSA) is 71.5 Å². The number of hydrogen-bond acceptors (Lipinski definition) is 5. The molecule has 1 N–H and O–H groups in total. The summed E-state index contributed by atoms with van der Waals surface area (Å²) in [6.07, 6.45) is 2.14. The number of benzene rings is 2. The SMILES string of the molecule is CCCCOC(=O)N1CCC(c2nc(C(=O)Nc3ccccc3-c3cccc(C(C)F)c3)cs2)CC1. The zero-order valence-corrected chi connectivity index (χ0v) is 21.5. The van der Waals surface area contributed by atoms with E-state index < -0.39 is 6.17 Å². The van der Waals surface area contributed by atoms with Crippen LogP contribution in [0, 0.1) is 0 Å². The molecular weight excluding hydrogens is 477 g/mol. The number of anilines is 1. The van der Waals surface area contributed by atoms with Gasteiger partial charge in [0.15, 0.2) is 0 Å². The molecule has 0 radical (unpaired) electrons. The van der Waals surface area contributed by atoms with E-state index >= 15 is 0 Å². The summed E-state index contributed by atoms with van der Waals surface area (Å²) < 4.78 is 19.2. The Labute approximate surface area is 215 Å². The van der Waals surface area contributed by atoms with Crippen LogP contribution < -0.4 is 5.32 Å². The van der Waals surface area contributed by atoms with E-state index in [1.807, 2.05) is 42.5 Å². The van der Waals surface area contributed by atoms with Gasteiger partial charge in [-0.25, -0.2) is 14.2 Å². The van der Waals surface area contributed by atoms with Crippen molar-refractivity contribution >= 4 is 29.0 Å². The third-order valence-electron chi connectivity index (χ3n) is 6.41. The summed E-state index contributed by atoms with van der Waals surface area (Å²) in [7, 11) is 0. The van der Waals surface area contributed by atoms with Gasteiger partial charge in [0, 0.05) is 35.6 Å². The lowest BCUT2D eigenvalue weighted by atomic mass is 9.98. The minimum Gasteiger partial charge on any atom is -0.449 e. The molecule has 3 aromatic rings. The molecule has 1 aromatic heterocycles. The van der Waals surface area contributed by atoms with Crippen LogP contribution in [0.4, 0.5) is 14.9 Å². The first-order valence-corrected chi connectivity index (χ1v) is 13.4. The fourth-order valence-corrected chi connectivity index (χ4v) is 5.24. The standard InChI is InChI=1S/C28H32FN3O3S/c1-3-4-16-35-28(34)32-14-12-20(13-15-32)27-31-25(18-36-27)26(33)30-24-11-6-5-10-23(24)22-9-7-8-21(17-22)19(2)29/h5-11,17-20H,3-4,12-16H2,1-2H3,(H,30,33). The second-order valence-electron chi connectivity index (χ2n) is 9.04. The maximum Gasteiger partial charge on any atom is 0.409 e. The average Bonchev–Trinajstić information content (AvgIpc) is 3.40. The lowest BCUT2D eigenvalue weighted by molar-refractivity contribution is 0.0916. The smallest absolute Gasteiger partial charge is 0.409 e. The number of alkyl halides is 1. The van der Waals surface area contributed by atoms with Crippen molar-refractivity contribution in [1.82, 2.24) is 9.88 Å². The highest BCUT2D eigenvalue weighted by atomic mass is 32.1. The van der Waals surface area contributed by atoms with Crippen LogP contribution >= 0.6 is 11.3 Å². The molecule has 0 aliphatic carbocycles. The number of nitrogens with one attached hydrogen (secondary N) is 1. The number of aromatic nitrogens is 1. The Balaban J connectivity index is 1.39. The maximum atomic E-state index is 13.8. The first kappa shape index (κ1) is 25.8. The molecule has 4 rings (SSSR count). The number of ether oxygens (including phenoxy) is 1. The van der Waals surface area contributed by atoms with Crippen molar-refractivity contribution in [2.75, 3.05) is 25.0 Å². The Bertz CT molecular complexity index is 1190. The molecular formula is C28H32FN3O3S. The summed E-state index contributed by atoms with van der Waals surface area (Å²) in [5.74, 6) is -0.0640. The minimum absolute atomic E-state index is 0.217. The van der Waals surface area contributed by atoms with Crippen LogP contribution in [0.15, 0.2) is 53.9 Å². The number of para-hydroxylation sites is 1. The number of hydrogen-bond donors (Lipinski definition) is 1. The Hall–Kier alpha value is -3.26. The lowest BCUT2D eigenvalue weighted by Crippen LogP contribution is -2.38. The van der Waals surface area contributed by atoms with Gasteiger partial charge < -0.3 is 15.0 Å². The number of amides is 2. The second kappa shape index (κ2) is 12.1. The predicted molar refractivity (Wildman–Crippen MR) is 141 cm³/mol. The summed E-state index contributed by atoms with van der Waals surface area (Å²) in [5, 5.41) is 5.67. The van der Waals surface area contributed by atoms with Gasteiger partial charge in [0.05, 0.1) is 11.6 Å². The number of likely N-dealkylation sites (tertiary alicyclic amines) is 1. The van der Waals surface area contributed by atoms with E-state index in [-0.39, 0.29) is 17.9 Å². The summed E-state index contributed by atoms with van der Waals surface area (Å²) in [5.41, 5.74) is 3.28. The summed E-state index contributed by atoms with van der Waals surface area (Å²) >= 11 is 1.48. The highest BCUT2D eigenvalue weighted by Crippen LogP contribution is 2.33. The highest BCUT2D eigenvalue weighted by molar-refractivity contribution is 7.10. The average molecular weight is 510 g/mol. The van der Waals surface area contributed by atoms with Gasteiger partial charge in [0.1, 0.15) is 11.9 Å². The van der Waals surface area contributed by atoms with Crippen molar-refractivity contribution in [3.8, 4) is 11.1 Å². The molecule has 36 heavy (non-hydrogen) atoms. The first-order chi connectivity index (χ1) is 17.5. The van der Waals surface area contributed by atoms with Gasteiger partial charge >= 0.3 is 6.09 Å². The normalized spacial score (nSPS) is 14.9. The van der Waals surface area contributed by atoms with E-state index in [0.29, 0.717) is 36.6 Å². The van der Waals surface area contributed by atoms with Crippen LogP contribution in [0.1, 0.15) is 72.7 Å². The number of carbonyl (C=O) groups is 2. The number of unbranched alkanes of at least 4 members (excludes halogenated alkanes) is 1. The maximum absolute atomic E-state index is 13.8. The van der Waals surface area contributed by atoms with E-state index in [1.165, 1.54) is 18.3 Å². The Morgan fingerprint density at radius 2 is 1.97 bits per heavy atom. The summed E-state index contributed by atoms with van der Waals surface area (Å²) in [6.45, 7) is 5.29. The van der Waals surface area contributed by atoms with E-state index in [0.717, 1.165) is 41.8 Å². The van der Waals surface area contributed by atoms with Crippen LogP contribution in [-0.4, -0.2) is 41.6 Å². The summed E-state index contributed by atoms with van der Waals surface area (Å²) in [6, 6.07) is 14.8. The lowest BCUT2D eigenvalue weighted by Gasteiger charge is -2.30. The molecule has 2 aromatic carbocycles. The van der Waals surface area contributed by atoms with E-state index in [9.17, 15) is 14.0 Å². The monoisotopic (exact) mass is 509 g/mol. The summed E-state index contributed by atoms with van der Waals surface area (Å²) in [4.78, 5) is 31.6. The van der Waals surface area contributed by atoms with E-state index in [4.69, 9.17) is 4.74 Å². The quantitative estimate of drug-likeness (QED) is 0.326. The van der Waals surface area contributed by atoms with Crippen molar-refractivity contribution in [1.29, 1.82) is 0 Å². The molecule has 2 heterocycles. The molecule has 1 saturated heterocycles. The number of piperidine rings is 1. The third-order valence-corrected chi connectivity index (χ3v) is 7.42. The van der Waals surface area contributed by atoms with Crippen molar-refractivity contribution < 1.29 is 18.7 Å². The molecule has 1 aliphatic heterocycles. The number of rotatable bonds is 8. The highest BCUT2D eigenvalue weighted by Gasteiger charge is 2.27. The van der Waals surface area contributed by atoms with Crippen LogP contribution in [-0.2, 0) is 4.74 Å². The van der Waals surface area contributed by atoms with Gasteiger partial charge in [-0.15, -0.1) is 11.3 Å². The van der Waals surface area contributed by atoms with Gasteiger partial charge in [-0.05, 0) is 49.4 Å². The van der Waals surface area contributed by atoms with Crippen molar-refractivity contribution in [3.05, 3.63) is 70.2 Å². The van der Waals surface area contributed by atoms with E-state index in [2.05, 4.69) is 17.2 Å². The molecule has 0 saturated carbocycles. The number of carbonyl (C=O) groups excluding carboxylic acids is 2. The van der Waals surface area contributed by atoms with Crippen molar-refractivity contribution in [3.63, 3.8) is 0 Å². The fraction of sp³-hybridized carbons (Fsp3) is 0.393. The molecule has 8 heteroatoms. The Morgan fingerprint density at radius 3 is 2.72 bits per heavy atom. The fourth-order valence-electron chi connectivity index (χ4n) is 4.27. The number of nitrogens with zero attached hydrogens (tertiary/aromatic N) is 2. The first-order valence-electron chi connectivity index (χ1n) is 12.5. The Morgan fingerprint density at radius 1 is 1.19 bits per heavy atom.